The summed E-state index contributed by atoms with van der Waals surface area (Å²) in [6.07, 6.45) is 1.97. The molecule has 1 fully saturated rings. The fourth-order valence-electron chi connectivity index (χ4n) is 3.30. The van der Waals surface area contributed by atoms with Gasteiger partial charge in [-0.15, -0.1) is 0 Å². The van der Waals surface area contributed by atoms with E-state index in [4.69, 9.17) is 9.47 Å². The molecule has 7 heteroatoms. The minimum atomic E-state index is -0.119. The lowest BCUT2D eigenvalue weighted by atomic mass is 10.1. The largest absolute Gasteiger partial charge is 0.437 e. The van der Waals surface area contributed by atoms with Gasteiger partial charge >= 0.3 is 0 Å². The van der Waals surface area contributed by atoms with Crippen molar-refractivity contribution in [1.82, 2.24) is 9.88 Å². The van der Waals surface area contributed by atoms with Crippen molar-refractivity contribution in [1.29, 1.82) is 0 Å². The third-order valence-electron chi connectivity index (χ3n) is 4.77. The van der Waals surface area contributed by atoms with E-state index in [1.54, 1.807) is 22.1 Å². The van der Waals surface area contributed by atoms with E-state index in [2.05, 4.69) is 4.98 Å². The predicted octanol–water partition coefficient (Wildman–Crippen LogP) is 2.36. The third-order valence-corrected chi connectivity index (χ3v) is 4.77. The van der Waals surface area contributed by atoms with Crippen LogP contribution >= 0.6 is 0 Å². The molecular weight excluding hydrogens is 346 g/mol. The number of benzene rings is 1. The maximum Gasteiger partial charge on any atom is 0.243 e. The first-order valence-corrected chi connectivity index (χ1v) is 9.09. The second-order valence-corrected chi connectivity index (χ2v) is 6.51. The van der Waals surface area contributed by atoms with Crippen LogP contribution in [0.3, 0.4) is 0 Å². The smallest absolute Gasteiger partial charge is 0.243 e. The molecule has 0 unspecified atom stereocenters. The Bertz CT molecular complexity index is 849. The van der Waals surface area contributed by atoms with Crippen molar-refractivity contribution < 1.29 is 19.1 Å². The van der Waals surface area contributed by atoms with Crippen molar-refractivity contribution in [3.8, 4) is 11.6 Å². The molecule has 140 valence electrons. The van der Waals surface area contributed by atoms with Gasteiger partial charge in [0.2, 0.25) is 17.7 Å². The second-order valence-electron chi connectivity index (χ2n) is 6.51. The fourth-order valence-corrected chi connectivity index (χ4v) is 3.30. The van der Waals surface area contributed by atoms with Gasteiger partial charge in [0.15, 0.2) is 0 Å². The molecule has 27 heavy (non-hydrogen) atoms. The van der Waals surface area contributed by atoms with Gasteiger partial charge in [0.25, 0.3) is 0 Å². The molecule has 0 radical (unpaired) electrons. The van der Waals surface area contributed by atoms with E-state index in [0.717, 1.165) is 5.56 Å². The first-order chi connectivity index (χ1) is 13.2. The lowest BCUT2D eigenvalue weighted by Crippen LogP contribution is -2.41. The molecule has 2 aromatic rings. The van der Waals surface area contributed by atoms with E-state index in [0.29, 0.717) is 50.2 Å². The van der Waals surface area contributed by atoms with Crippen LogP contribution in [0.2, 0.25) is 0 Å². The quantitative estimate of drug-likeness (QED) is 0.833. The monoisotopic (exact) mass is 367 g/mol. The molecule has 0 spiro atoms. The van der Waals surface area contributed by atoms with Gasteiger partial charge in [-0.3, -0.25) is 9.59 Å². The van der Waals surface area contributed by atoms with Gasteiger partial charge in [0.1, 0.15) is 11.4 Å². The minimum Gasteiger partial charge on any atom is -0.437 e. The topological polar surface area (TPSA) is 72.0 Å². The number of ether oxygens (including phenoxy) is 2. The second kappa shape index (κ2) is 7.75. The van der Waals surface area contributed by atoms with Crippen molar-refractivity contribution in [2.75, 3.05) is 31.2 Å². The molecule has 0 N–H and O–H groups in total. The number of morpholine rings is 1. The average molecular weight is 367 g/mol. The molecule has 3 heterocycles. The van der Waals surface area contributed by atoms with Gasteiger partial charge in [-0.2, -0.15) is 0 Å². The van der Waals surface area contributed by atoms with Gasteiger partial charge in [0.05, 0.1) is 19.8 Å². The maximum atomic E-state index is 13.0. The number of carbonyl (C=O) groups is 2. The average Bonchev–Trinajstić information content (AvgIpc) is 2.89. The number of pyridine rings is 1. The molecule has 2 aliphatic rings. The summed E-state index contributed by atoms with van der Waals surface area (Å²) in [6, 6.07) is 11.2. The Labute approximate surface area is 157 Å². The summed E-state index contributed by atoms with van der Waals surface area (Å²) in [6.45, 7) is 2.67. The number of fused-ring (bicyclic) bond motifs is 2. The highest BCUT2D eigenvalue weighted by molar-refractivity contribution is 5.96. The third kappa shape index (κ3) is 3.78. The lowest BCUT2D eigenvalue weighted by molar-refractivity contribution is -0.136. The number of nitrogens with zero attached hydrogens (tertiary/aromatic N) is 3. The number of para-hydroxylation sites is 1. The molecular formula is C20H21N3O4. The molecule has 2 amide bonds. The molecule has 1 aromatic carbocycles. The van der Waals surface area contributed by atoms with E-state index in [9.17, 15) is 9.59 Å². The number of hydrogen-bond donors (Lipinski definition) is 0. The SMILES string of the molecule is O=C(CCC(=O)N1Cc2ccccc2Oc2ncccc21)N1CCOCC1. The molecule has 0 aliphatic carbocycles. The van der Waals surface area contributed by atoms with Crippen LogP contribution in [-0.2, 0) is 20.9 Å². The summed E-state index contributed by atoms with van der Waals surface area (Å²) in [5.41, 5.74) is 1.53. The fraction of sp³-hybridized carbons (Fsp3) is 0.350. The number of hydrogen-bond acceptors (Lipinski definition) is 5. The summed E-state index contributed by atoms with van der Waals surface area (Å²) in [7, 11) is 0. The van der Waals surface area contributed by atoms with Crippen LogP contribution in [-0.4, -0.2) is 48.0 Å². The van der Waals surface area contributed by atoms with E-state index in [1.807, 2.05) is 30.3 Å². The van der Waals surface area contributed by atoms with E-state index in [-0.39, 0.29) is 24.7 Å². The lowest BCUT2D eigenvalue weighted by Gasteiger charge is -2.27. The van der Waals surface area contributed by atoms with E-state index in [1.165, 1.54) is 0 Å². The number of aromatic nitrogens is 1. The van der Waals surface area contributed by atoms with Gasteiger partial charge in [-0.25, -0.2) is 4.98 Å². The number of amides is 2. The predicted molar refractivity (Wildman–Crippen MR) is 98.6 cm³/mol. The van der Waals surface area contributed by atoms with E-state index < -0.39 is 0 Å². The van der Waals surface area contributed by atoms with Gasteiger partial charge < -0.3 is 19.3 Å². The van der Waals surface area contributed by atoms with Crippen LogP contribution in [0.4, 0.5) is 5.69 Å². The highest BCUT2D eigenvalue weighted by atomic mass is 16.5. The van der Waals surface area contributed by atoms with Gasteiger partial charge in [-0.05, 0) is 18.2 Å². The summed E-state index contributed by atoms with van der Waals surface area (Å²) < 4.78 is 11.2. The number of anilines is 1. The van der Waals surface area contributed by atoms with Crippen LogP contribution in [0.5, 0.6) is 11.6 Å². The van der Waals surface area contributed by atoms with Crippen LogP contribution in [0.15, 0.2) is 42.6 Å². The highest BCUT2D eigenvalue weighted by Crippen LogP contribution is 2.37. The van der Waals surface area contributed by atoms with Crippen LogP contribution in [0, 0.1) is 0 Å². The Morgan fingerprint density at radius 1 is 1.00 bits per heavy atom. The summed E-state index contributed by atoms with van der Waals surface area (Å²) in [5, 5.41) is 0. The Kier molecular flexibility index (Phi) is 5.02. The maximum absolute atomic E-state index is 13.0. The van der Waals surface area contributed by atoms with Crippen molar-refractivity contribution >= 4 is 17.5 Å². The summed E-state index contributed by atoms with van der Waals surface area (Å²) >= 11 is 0. The van der Waals surface area contributed by atoms with Crippen LogP contribution in [0.25, 0.3) is 0 Å². The van der Waals surface area contributed by atoms with Crippen molar-refractivity contribution in [3.05, 3.63) is 48.2 Å². The zero-order chi connectivity index (χ0) is 18.6. The van der Waals surface area contributed by atoms with Gasteiger partial charge in [0, 0.05) is 37.7 Å². The Morgan fingerprint density at radius 2 is 1.78 bits per heavy atom. The molecule has 7 nitrogen and oxygen atoms in total. The Balaban J connectivity index is 1.51. The highest BCUT2D eigenvalue weighted by Gasteiger charge is 2.27. The first kappa shape index (κ1) is 17.5. The summed E-state index contributed by atoms with van der Waals surface area (Å²) in [5.74, 6) is 0.961. The molecule has 1 aromatic heterocycles. The molecule has 0 bridgehead atoms. The molecule has 4 rings (SSSR count). The number of carbonyl (C=O) groups excluding carboxylic acids is 2. The minimum absolute atomic E-state index is 0.00969. The Morgan fingerprint density at radius 3 is 2.63 bits per heavy atom. The molecule has 2 aliphatic heterocycles. The van der Waals surface area contributed by atoms with E-state index >= 15 is 0 Å². The van der Waals surface area contributed by atoms with Crippen LogP contribution < -0.4 is 9.64 Å². The molecule has 0 atom stereocenters. The zero-order valence-electron chi connectivity index (χ0n) is 15.0. The molecule has 1 saturated heterocycles. The standard InChI is InChI=1S/C20H21N3O4/c24-18(22-10-12-26-13-11-22)7-8-19(25)23-14-15-4-1-2-6-17(15)27-20-16(23)5-3-9-21-20/h1-6,9H,7-8,10-14H2. The number of rotatable bonds is 3. The van der Waals surface area contributed by atoms with Crippen molar-refractivity contribution in [3.63, 3.8) is 0 Å². The van der Waals surface area contributed by atoms with Crippen LogP contribution in [0.1, 0.15) is 18.4 Å². The zero-order valence-corrected chi connectivity index (χ0v) is 15.0. The summed E-state index contributed by atoms with van der Waals surface area (Å²) in [4.78, 5) is 33.0. The normalized spacial score (nSPS) is 16.0. The first-order valence-electron chi connectivity index (χ1n) is 9.09. The van der Waals surface area contributed by atoms with Gasteiger partial charge in [-0.1, -0.05) is 18.2 Å². The Hall–Kier alpha value is -2.93. The molecule has 0 saturated carbocycles. The van der Waals surface area contributed by atoms with Crippen molar-refractivity contribution in [2.24, 2.45) is 0 Å². The van der Waals surface area contributed by atoms with Crippen molar-refractivity contribution in [2.45, 2.75) is 19.4 Å².